The van der Waals surface area contributed by atoms with E-state index in [1.807, 2.05) is 12.4 Å². The minimum absolute atomic E-state index is 0.689. The largest absolute Gasteiger partial charge is 0.304 e. The maximum absolute atomic E-state index is 4.32. The van der Waals surface area contributed by atoms with Crippen LogP contribution in [0.1, 0.15) is 30.9 Å². The van der Waals surface area contributed by atoms with Crippen molar-refractivity contribution >= 4 is 21.9 Å². The zero-order valence-electron chi connectivity index (χ0n) is 8.83. The van der Waals surface area contributed by atoms with E-state index in [9.17, 15) is 0 Å². The molecule has 4 nitrogen and oxygen atoms in total. The van der Waals surface area contributed by atoms with Gasteiger partial charge in [0.25, 0.3) is 0 Å². The smallest absolute Gasteiger partial charge is 0.159 e. The van der Waals surface area contributed by atoms with Crippen LogP contribution in [0.15, 0.2) is 18.5 Å². The van der Waals surface area contributed by atoms with Gasteiger partial charge in [-0.15, -0.1) is 0 Å². The number of pyridine rings is 1. The van der Waals surface area contributed by atoms with Gasteiger partial charge >= 0.3 is 0 Å². The van der Waals surface area contributed by atoms with E-state index in [0.29, 0.717) is 5.92 Å². The fourth-order valence-electron chi connectivity index (χ4n) is 2.55. The Morgan fingerprint density at radius 1 is 1.19 bits per heavy atom. The van der Waals surface area contributed by atoms with Crippen LogP contribution in [-0.4, -0.2) is 20.2 Å². The highest BCUT2D eigenvalue weighted by atomic mass is 15.1. The van der Waals surface area contributed by atoms with Gasteiger partial charge in [-0.2, -0.15) is 0 Å². The maximum atomic E-state index is 4.32. The monoisotopic (exact) mass is 212 g/mol. The summed E-state index contributed by atoms with van der Waals surface area (Å²) in [7, 11) is 0. The summed E-state index contributed by atoms with van der Waals surface area (Å²) in [5.74, 6) is 0.689. The van der Waals surface area contributed by atoms with E-state index >= 15 is 0 Å². The van der Waals surface area contributed by atoms with Crippen molar-refractivity contribution in [3.05, 3.63) is 24.2 Å². The molecule has 3 heterocycles. The topological polar surface area (TPSA) is 57.4 Å². The molecule has 0 unspecified atom stereocenters. The normalized spacial score (nSPS) is 17.0. The van der Waals surface area contributed by atoms with Gasteiger partial charge in [-0.25, -0.2) is 9.97 Å². The van der Waals surface area contributed by atoms with Crippen molar-refractivity contribution in [2.45, 2.75) is 25.2 Å². The first-order chi connectivity index (χ1) is 7.93. The van der Waals surface area contributed by atoms with E-state index in [1.54, 1.807) is 0 Å². The number of H-pyrrole nitrogens is 2. The number of aromatic amines is 2. The molecule has 0 saturated heterocycles. The van der Waals surface area contributed by atoms with Crippen LogP contribution in [0.5, 0.6) is 0 Å². The maximum Gasteiger partial charge on any atom is 0.159 e. The Morgan fingerprint density at radius 2 is 2.12 bits per heavy atom. The highest BCUT2D eigenvalue weighted by Crippen LogP contribution is 2.39. The predicted molar refractivity (Wildman–Crippen MR) is 62.3 cm³/mol. The number of rotatable bonds is 1. The quantitative estimate of drug-likeness (QED) is 0.651. The summed E-state index contributed by atoms with van der Waals surface area (Å²) in [6.45, 7) is 0. The number of aromatic nitrogens is 4. The Hall–Kier alpha value is -1.84. The summed E-state index contributed by atoms with van der Waals surface area (Å²) in [5.41, 5.74) is 3.27. The Balaban J connectivity index is 2.11. The molecular formula is C12H12N4. The zero-order valence-corrected chi connectivity index (χ0v) is 8.83. The molecule has 3 aromatic heterocycles. The molecule has 1 aliphatic rings. The number of nitrogens with zero attached hydrogens (tertiary/aromatic N) is 2. The van der Waals surface area contributed by atoms with Crippen molar-refractivity contribution in [2.75, 3.05) is 0 Å². The third kappa shape index (κ3) is 0.939. The molecule has 0 amide bonds. The van der Waals surface area contributed by atoms with Gasteiger partial charge in [-0.3, -0.25) is 5.10 Å². The third-order valence-corrected chi connectivity index (χ3v) is 3.65. The molecule has 1 fully saturated rings. The summed E-state index contributed by atoms with van der Waals surface area (Å²) in [6, 6.07) is 2.05. The summed E-state index contributed by atoms with van der Waals surface area (Å²) < 4.78 is 0. The lowest BCUT2D eigenvalue weighted by Gasteiger charge is -2.24. The van der Waals surface area contributed by atoms with Crippen LogP contribution < -0.4 is 0 Å². The summed E-state index contributed by atoms with van der Waals surface area (Å²) in [5, 5.41) is 8.96. The second kappa shape index (κ2) is 2.84. The molecule has 0 aromatic carbocycles. The van der Waals surface area contributed by atoms with E-state index in [1.165, 1.54) is 30.3 Å². The fourth-order valence-corrected chi connectivity index (χ4v) is 2.55. The van der Waals surface area contributed by atoms with E-state index in [0.717, 1.165) is 16.6 Å². The molecule has 2 N–H and O–H groups in total. The molecule has 1 aliphatic carbocycles. The van der Waals surface area contributed by atoms with Crippen LogP contribution in [0.4, 0.5) is 0 Å². The molecule has 4 rings (SSSR count). The Morgan fingerprint density at radius 3 is 2.94 bits per heavy atom. The Bertz CT molecular complexity index is 660. The van der Waals surface area contributed by atoms with Gasteiger partial charge in [0.15, 0.2) is 5.65 Å². The van der Waals surface area contributed by atoms with Crippen LogP contribution in [0.2, 0.25) is 0 Å². The third-order valence-electron chi connectivity index (χ3n) is 3.65. The summed E-state index contributed by atoms with van der Waals surface area (Å²) in [6.07, 6.45) is 7.62. The minimum atomic E-state index is 0.689. The van der Waals surface area contributed by atoms with Crippen molar-refractivity contribution in [2.24, 2.45) is 0 Å². The van der Waals surface area contributed by atoms with Gasteiger partial charge in [-0.1, -0.05) is 6.42 Å². The van der Waals surface area contributed by atoms with E-state index in [4.69, 9.17) is 0 Å². The fraction of sp³-hybridized carbons (Fsp3) is 0.333. The lowest BCUT2D eigenvalue weighted by Crippen LogP contribution is -2.09. The van der Waals surface area contributed by atoms with Gasteiger partial charge in [0.2, 0.25) is 0 Å². The number of nitrogens with one attached hydrogen (secondary N) is 2. The molecular weight excluding hydrogens is 200 g/mol. The van der Waals surface area contributed by atoms with Crippen molar-refractivity contribution in [1.82, 2.24) is 20.2 Å². The first-order valence-electron chi connectivity index (χ1n) is 5.73. The molecule has 0 radical (unpaired) electrons. The highest BCUT2D eigenvalue weighted by molar-refractivity contribution is 6.04. The standard InChI is InChI=1S/C12H12N4/c1-2-7(3-1)11-10-8-4-5-13-12(8)14-6-9(10)15-16-11/h4-7,15-16H,1-3H2. The van der Waals surface area contributed by atoms with E-state index in [-0.39, 0.29) is 0 Å². The Kier molecular flexibility index (Phi) is 1.48. The minimum Gasteiger partial charge on any atom is -0.304 e. The average molecular weight is 212 g/mol. The number of fused-ring (bicyclic) bond motifs is 3. The highest BCUT2D eigenvalue weighted by Gasteiger charge is 2.24. The molecule has 0 aliphatic heterocycles. The molecule has 3 aromatic rings. The molecule has 16 heavy (non-hydrogen) atoms. The summed E-state index contributed by atoms with van der Waals surface area (Å²) in [4.78, 5) is 8.58. The lowest BCUT2D eigenvalue weighted by atomic mass is 9.82. The average Bonchev–Trinajstić information content (AvgIpc) is 2.79. The SMILES string of the molecule is c1cc2c(n1)ncc1[nH][nH]c(C3CCC3)c12. The van der Waals surface area contributed by atoms with Crippen molar-refractivity contribution in [3.63, 3.8) is 0 Å². The van der Waals surface area contributed by atoms with Crippen LogP contribution in [0.25, 0.3) is 21.9 Å². The van der Waals surface area contributed by atoms with Crippen molar-refractivity contribution in [1.29, 1.82) is 0 Å². The van der Waals surface area contributed by atoms with Crippen LogP contribution in [0.3, 0.4) is 0 Å². The molecule has 0 bridgehead atoms. The van der Waals surface area contributed by atoms with Gasteiger partial charge in [-0.05, 0) is 18.9 Å². The predicted octanol–water partition coefficient (Wildman–Crippen LogP) is 2.71. The second-order valence-electron chi connectivity index (χ2n) is 4.52. The molecule has 80 valence electrons. The van der Waals surface area contributed by atoms with Crippen LogP contribution in [0, 0.1) is 0 Å². The van der Waals surface area contributed by atoms with E-state index < -0.39 is 0 Å². The van der Waals surface area contributed by atoms with Gasteiger partial charge in [0, 0.05) is 28.6 Å². The molecule has 1 saturated carbocycles. The molecule has 4 heteroatoms. The van der Waals surface area contributed by atoms with Gasteiger partial charge in [0.05, 0.1) is 11.7 Å². The van der Waals surface area contributed by atoms with Crippen LogP contribution in [-0.2, 0) is 0 Å². The number of hydrogen-bond donors (Lipinski definition) is 2. The summed E-state index contributed by atoms with van der Waals surface area (Å²) >= 11 is 0. The van der Waals surface area contributed by atoms with Crippen molar-refractivity contribution < 1.29 is 0 Å². The van der Waals surface area contributed by atoms with Crippen LogP contribution >= 0.6 is 0 Å². The Labute approximate surface area is 92.1 Å². The zero-order chi connectivity index (χ0) is 10.5. The van der Waals surface area contributed by atoms with E-state index in [2.05, 4.69) is 26.2 Å². The molecule has 0 spiro atoms. The van der Waals surface area contributed by atoms with Crippen molar-refractivity contribution in [3.8, 4) is 0 Å². The van der Waals surface area contributed by atoms with Gasteiger partial charge in [0.1, 0.15) is 0 Å². The first kappa shape index (κ1) is 8.33. The second-order valence-corrected chi connectivity index (χ2v) is 4.52. The van der Waals surface area contributed by atoms with Gasteiger partial charge < -0.3 is 5.10 Å². The number of hydrogen-bond acceptors (Lipinski definition) is 2. The first-order valence-corrected chi connectivity index (χ1v) is 5.73. The lowest BCUT2D eigenvalue weighted by molar-refractivity contribution is 0.413. The molecule has 0 atom stereocenters.